The first-order valence-electron chi connectivity index (χ1n) is 4.65. The standard InChI is InChI=1S/C12H11NO2/c1-9-8-11(13-15-9)7-6-10-4-2-3-5-12(10)14/h2-8,14H,1H3. The van der Waals surface area contributed by atoms with Crippen molar-refractivity contribution in [3.8, 4) is 5.75 Å². The van der Waals surface area contributed by atoms with E-state index in [0.717, 1.165) is 17.0 Å². The summed E-state index contributed by atoms with van der Waals surface area (Å²) in [6.07, 6.45) is 3.60. The lowest BCUT2D eigenvalue weighted by Crippen LogP contribution is -1.73. The molecule has 0 bridgehead atoms. The van der Waals surface area contributed by atoms with Crippen molar-refractivity contribution < 1.29 is 9.63 Å². The smallest absolute Gasteiger partial charge is 0.134 e. The van der Waals surface area contributed by atoms with Crippen molar-refractivity contribution in [1.29, 1.82) is 0 Å². The Morgan fingerprint density at radius 1 is 1.27 bits per heavy atom. The second-order valence-corrected chi connectivity index (χ2v) is 3.25. The highest BCUT2D eigenvalue weighted by Gasteiger charge is 1.97. The van der Waals surface area contributed by atoms with Gasteiger partial charge < -0.3 is 9.63 Å². The first-order chi connectivity index (χ1) is 7.25. The molecule has 0 aliphatic heterocycles. The summed E-state index contributed by atoms with van der Waals surface area (Å²) in [7, 11) is 0. The molecule has 0 spiro atoms. The van der Waals surface area contributed by atoms with Crippen molar-refractivity contribution in [3.63, 3.8) is 0 Å². The fourth-order valence-electron chi connectivity index (χ4n) is 1.27. The van der Waals surface area contributed by atoms with Gasteiger partial charge in [0.2, 0.25) is 0 Å². The largest absolute Gasteiger partial charge is 0.507 e. The van der Waals surface area contributed by atoms with Crippen LogP contribution in [0.15, 0.2) is 34.9 Å². The van der Waals surface area contributed by atoms with E-state index in [2.05, 4.69) is 5.16 Å². The van der Waals surface area contributed by atoms with E-state index in [1.165, 1.54) is 0 Å². The molecular weight excluding hydrogens is 190 g/mol. The minimum Gasteiger partial charge on any atom is -0.507 e. The number of phenolic OH excluding ortho intramolecular Hbond substituents is 1. The minimum atomic E-state index is 0.258. The van der Waals surface area contributed by atoms with E-state index in [9.17, 15) is 5.11 Å². The van der Waals surface area contributed by atoms with Crippen LogP contribution < -0.4 is 0 Å². The molecule has 1 aromatic carbocycles. The van der Waals surface area contributed by atoms with Crippen molar-refractivity contribution in [3.05, 3.63) is 47.3 Å². The molecule has 1 heterocycles. The minimum absolute atomic E-state index is 0.258. The first-order valence-corrected chi connectivity index (χ1v) is 4.65. The normalized spacial score (nSPS) is 11.0. The molecule has 0 aliphatic carbocycles. The number of aromatic hydroxyl groups is 1. The van der Waals surface area contributed by atoms with Gasteiger partial charge in [0, 0.05) is 11.6 Å². The highest BCUT2D eigenvalue weighted by molar-refractivity contribution is 5.70. The summed E-state index contributed by atoms with van der Waals surface area (Å²) in [5.41, 5.74) is 1.51. The molecule has 1 N–H and O–H groups in total. The van der Waals surface area contributed by atoms with Crippen molar-refractivity contribution >= 4 is 12.2 Å². The SMILES string of the molecule is Cc1cc(C=Cc2ccccc2O)no1. The maximum Gasteiger partial charge on any atom is 0.134 e. The molecule has 0 fully saturated rings. The van der Waals surface area contributed by atoms with Gasteiger partial charge in [-0.2, -0.15) is 0 Å². The Morgan fingerprint density at radius 2 is 2.07 bits per heavy atom. The Bertz CT molecular complexity index is 486. The second kappa shape index (κ2) is 4.00. The molecule has 15 heavy (non-hydrogen) atoms. The molecular formula is C12H11NO2. The van der Waals surface area contributed by atoms with Crippen molar-refractivity contribution in [2.45, 2.75) is 6.92 Å². The third-order valence-corrected chi connectivity index (χ3v) is 2.02. The van der Waals surface area contributed by atoms with Crippen LogP contribution in [0.1, 0.15) is 17.0 Å². The van der Waals surface area contributed by atoms with Crippen LogP contribution in [0.2, 0.25) is 0 Å². The summed E-state index contributed by atoms with van der Waals surface area (Å²) >= 11 is 0. The Hall–Kier alpha value is -2.03. The lowest BCUT2D eigenvalue weighted by Gasteiger charge is -1.95. The Kier molecular flexibility index (Phi) is 2.54. The number of benzene rings is 1. The fourth-order valence-corrected chi connectivity index (χ4v) is 1.27. The second-order valence-electron chi connectivity index (χ2n) is 3.25. The maximum absolute atomic E-state index is 9.50. The van der Waals surface area contributed by atoms with Crippen molar-refractivity contribution in [2.75, 3.05) is 0 Å². The number of nitrogens with zero attached hydrogens (tertiary/aromatic N) is 1. The molecule has 0 saturated carbocycles. The van der Waals surface area contributed by atoms with Crippen LogP contribution >= 0.6 is 0 Å². The number of rotatable bonds is 2. The lowest BCUT2D eigenvalue weighted by atomic mass is 10.2. The van der Waals surface area contributed by atoms with Crippen LogP contribution in [-0.4, -0.2) is 10.3 Å². The molecule has 0 unspecified atom stereocenters. The van der Waals surface area contributed by atoms with E-state index in [4.69, 9.17) is 4.52 Å². The van der Waals surface area contributed by atoms with E-state index in [0.29, 0.717) is 0 Å². The van der Waals surface area contributed by atoms with Crippen LogP contribution in [0.3, 0.4) is 0 Å². The number of aryl methyl sites for hydroxylation is 1. The van der Waals surface area contributed by atoms with Crippen LogP contribution in [-0.2, 0) is 0 Å². The predicted octanol–water partition coefficient (Wildman–Crippen LogP) is 2.86. The van der Waals surface area contributed by atoms with Gasteiger partial charge in [0.1, 0.15) is 17.2 Å². The third-order valence-electron chi connectivity index (χ3n) is 2.02. The van der Waals surface area contributed by atoms with Crippen LogP contribution in [0.25, 0.3) is 12.2 Å². The van der Waals surface area contributed by atoms with Crippen LogP contribution in [0, 0.1) is 6.92 Å². The molecule has 0 amide bonds. The molecule has 3 heteroatoms. The Labute approximate surface area is 87.7 Å². The zero-order valence-corrected chi connectivity index (χ0v) is 8.34. The average Bonchev–Trinajstić information content (AvgIpc) is 2.63. The predicted molar refractivity (Wildman–Crippen MR) is 58.3 cm³/mol. The van der Waals surface area contributed by atoms with Gasteiger partial charge in [-0.05, 0) is 25.1 Å². The molecule has 3 nitrogen and oxygen atoms in total. The van der Waals surface area contributed by atoms with Crippen molar-refractivity contribution in [1.82, 2.24) is 5.16 Å². The topological polar surface area (TPSA) is 46.3 Å². The highest BCUT2D eigenvalue weighted by atomic mass is 16.5. The summed E-state index contributed by atoms with van der Waals surface area (Å²) in [5.74, 6) is 1.03. The van der Waals surface area contributed by atoms with E-state index in [-0.39, 0.29) is 5.75 Å². The van der Waals surface area contributed by atoms with E-state index < -0.39 is 0 Å². The first kappa shape index (κ1) is 9.52. The van der Waals surface area contributed by atoms with Crippen LogP contribution in [0.5, 0.6) is 5.75 Å². The molecule has 0 aliphatic rings. The monoisotopic (exact) mass is 201 g/mol. The van der Waals surface area contributed by atoms with Gasteiger partial charge in [0.25, 0.3) is 0 Å². The fraction of sp³-hybridized carbons (Fsp3) is 0.0833. The van der Waals surface area contributed by atoms with E-state index in [1.807, 2.05) is 25.1 Å². The van der Waals surface area contributed by atoms with Gasteiger partial charge in [-0.25, -0.2) is 0 Å². The molecule has 0 atom stereocenters. The highest BCUT2D eigenvalue weighted by Crippen LogP contribution is 2.18. The number of phenols is 1. The summed E-state index contributed by atoms with van der Waals surface area (Å²) in [6, 6.07) is 8.96. The average molecular weight is 201 g/mol. The molecule has 76 valence electrons. The molecule has 1 aromatic heterocycles. The number of hydrogen-bond acceptors (Lipinski definition) is 3. The third kappa shape index (κ3) is 2.26. The van der Waals surface area contributed by atoms with Crippen LogP contribution in [0.4, 0.5) is 0 Å². The zero-order valence-electron chi connectivity index (χ0n) is 8.34. The summed E-state index contributed by atoms with van der Waals surface area (Å²) in [6.45, 7) is 1.84. The lowest BCUT2D eigenvalue weighted by molar-refractivity contribution is 0.396. The van der Waals surface area contributed by atoms with Gasteiger partial charge in [0.05, 0.1) is 0 Å². The van der Waals surface area contributed by atoms with Gasteiger partial charge in [-0.1, -0.05) is 23.4 Å². The van der Waals surface area contributed by atoms with E-state index in [1.54, 1.807) is 24.3 Å². The van der Waals surface area contributed by atoms with Gasteiger partial charge in [0.15, 0.2) is 0 Å². The summed E-state index contributed by atoms with van der Waals surface area (Å²) in [5, 5.41) is 13.3. The zero-order chi connectivity index (χ0) is 10.7. The summed E-state index contributed by atoms with van der Waals surface area (Å²) < 4.78 is 4.92. The summed E-state index contributed by atoms with van der Waals surface area (Å²) in [4.78, 5) is 0. The molecule has 2 aromatic rings. The molecule has 2 rings (SSSR count). The quantitative estimate of drug-likeness (QED) is 0.812. The number of para-hydroxylation sites is 1. The Morgan fingerprint density at radius 3 is 2.73 bits per heavy atom. The van der Waals surface area contributed by atoms with Gasteiger partial charge in [-0.15, -0.1) is 0 Å². The Balaban J connectivity index is 2.22. The molecule has 0 saturated heterocycles. The van der Waals surface area contributed by atoms with Gasteiger partial charge >= 0.3 is 0 Å². The van der Waals surface area contributed by atoms with E-state index >= 15 is 0 Å². The van der Waals surface area contributed by atoms with Gasteiger partial charge in [-0.3, -0.25) is 0 Å². The van der Waals surface area contributed by atoms with Crippen molar-refractivity contribution in [2.24, 2.45) is 0 Å². The number of aromatic nitrogens is 1. The molecule has 0 radical (unpaired) electrons. The number of hydrogen-bond donors (Lipinski definition) is 1. The maximum atomic E-state index is 9.50.